The number of hydrogen-bond acceptors (Lipinski definition) is 4. The zero-order valence-electron chi connectivity index (χ0n) is 14.8. The van der Waals surface area contributed by atoms with Gasteiger partial charge in [0.15, 0.2) is 0 Å². The molecule has 25 heavy (non-hydrogen) atoms. The van der Waals surface area contributed by atoms with E-state index in [0.717, 1.165) is 45.2 Å². The molecule has 0 unspecified atom stereocenters. The summed E-state index contributed by atoms with van der Waals surface area (Å²) in [5, 5.41) is 7.67. The van der Waals surface area contributed by atoms with Crippen molar-refractivity contribution >= 4 is 30.7 Å². The van der Waals surface area contributed by atoms with Crippen LogP contribution in [-0.2, 0) is 11.8 Å². The Labute approximate surface area is 162 Å². The molecule has 3 aliphatic rings. The van der Waals surface area contributed by atoms with Gasteiger partial charge in [-0.1, -0.05) is 0 Å². The number of hydrogen-bond donors (Lipinski definition) is 1. The molecule has 2 aliphatic heterocycles. The molecule has 6 nitrogen and oxygen atoms in total. The van der Waals surface area contributed by atoms with Gasteiger partial charge in [-0.25, -0.2) is 0 Å². The molecule has 8 heteroatoms. The Hall–Kier alpha value is -0.820. The molecule has 3 heterocycles. The van der Waals surface area contributed by atoms with E-state index in [-0.39, 0.29) is 36.6 Å². The Morgan fingerprint density at radius 3 is 2.52 bits per heavy atom. The molecule has 0 radical (unpaired) electrons. The van der Waals surface area contributed by atoms with Crippen LogP contribution in [0.15, 0.2) is 12.4 Å². The van der Waals surface area contributed by atoms with Gasteiger partial charge >= 0.3 is 0 Å². The Kier molecular flexibility index (Phi) is 7.14. The molecule has 1 aromatic rings. The fourth-order valence-corrected chi connectivity index (χ4v) is 3.97. The Morgan fingerprint density at radius 2 is 1.92 bits per heavy atom. The number of nitrogens with zero attached hydrogens (tertiary/aromatic N) is 4. The van der Waals surface area contributed by atoms with Crippen LogP contribution in [0.5, 0.6) is 0 Å². The van der Waals surface area contributed by atoms with E-state index < -0.39 is 0 Å². The van der Waals surface area contributed by atoms with Crippen molar-refractivity contribution in [3.63, 3.8) is 0 Å². The summed E-state index contributed by atoms with van der Waals surface area (Å²) in [7, 11) is 1.93. The van der Waals surface area contributed by atoms with Crippen molar-refractivity contribution in [2.45, 2.75) is 18.8 Å². The summed E-state index contributed by atoms with van der Waals surface area (Å²) >= 11 is 0. The van der Waals surface area contributed by atoms with Crippen LogP contribution in [0, 0.1) is 11.8 Å². The standard InChI is InChI=1S/C17H27N5O.2ClH/c1-20-12-14(8-19-20)15-9-18-10-16(15)17(23)22-6-4-21(5-7-22)11-13-2-3-13;;/h8,12-13,15-16,18H,2-7,9-11H2,1H3;2*1H/t15-,16+;;/m1../s1. The maximum Gasteiger partial charge on any atom is 0.227 e. The maximum absolute atomic E-state index is 13.0. The molecule has 1 N–H and O–H groups in total. The van der Waals surface area contributed by atoms with Gasteiger partial charge in [0.25, 0.3) is 0 Å². The zero-order chi connectivity index (χ0) is 15.8. The number of carbonyl (C=O) groups excluding carboxylic acids is 1. The smallest absolute Gasteiger partial charge is 0.227 e. The summed E-state index contributed by atoms with van der Waals surface area (Å²) in [6.45, 7) is 6.78. The fraction of sp³-hybridized carbons (Fsp3) is 0.765. The average molecular weight is 390 g/mol. The van der Waals surface area contributed by atoms with E-state index in [9.17, 15) is 4.79 Å². The molecule has 4 rings (SSSR count). The second-order valence-electron chi connectivity index (χ2n) is 7.39. The molecule has 1 amide bonds. The Bertz CT molecular complexity index is 569. The zero-order valence-corrected chi connectivity index (χ0v) is 16.4. The van der Waals surface area contributed by atoms with E-state index in [1.807, 2.05) is 24.1 Å². The third-order valence-electron chi connectivity index (χ3n) is 5.58. The maximum atomic E-state index is 13.0. The molecule has 0 aromatic carbocycles. The molecule has 2 atom stereocenters. The van der Waals surface area contributed by atoms with Gasteiger partial charge in [-0.3, -0.25) is 14.4 Å². The first-order chi connectivity index (χ1) is 11.2. The number of aryl methyl sites for hydroxylation is 1. The summed E-state index contributed by atoms with van der Waals surface area (Å²) in [6.07, 6.45) is 6.76. The fourth-order valence-electron chi connectivity index (χ4n) is 3.97. The Balaban J connectivity index is 0.00000113. The van der Waals surface area contributed by atoms with E-state index in [2.05, 4.69) is 20.2 Å². The monoisotopic (exact) mass is 389 g/mol. The summed E-state index contributed by atoms with van der Waals surface area (Å²) in [5.41, 5.74) is 1.18. The molecule has 2 saturated heterocycles. The van der Waals surface area contributed by atoms with Gasteiger partial charge < -0.3 is 10.2 Å². The lowest BCUT2D eigenvalue weighted by Crippen LogP contribution is -2.51. The molecule has 1 saturated carbocycles. The van der Waals surface area contributed by atoms with Crippen molar-refractivity contribution in [1.82, 2.24) is 24.9 Å². The van der Waals surface area contributed by atoms with Gasteiger partial charge in [-0.15, -0.1) is 24.8 Å². The van der Waals surface area contributed by atoms with Gasteiger partial charge in [0, 0.05) is 65.0 Å². The largest absolute Gasteiger partial charge is 0.340 e. The van der Waals surface area contributed by atoms with Crippen LogP contribution in [0.3, 0.4) is 0 Å². The van der Waals surface area contributed by atoms with Gasteiger partial charge in [-0.05, 0) is 24.3 Å². The van der Waals surface area contributed by atoms with E-state index in [4.69, 9.17) is 0 Å². The topological polar surface area (TPSA) is 53.4 Å². The van der Waals surface area contributed by atoms with Gasteiger partial charge in [0.2, 0.25) is 5.91 Å². The van der Waals surface area contributed by atoms with Crippen LogP contribution in [0.1, 0.15) is 24.3 Å². The molecular formula is C17H29Cl2N5O. The Morgan fingerprint density at radius 1 is 1.20 bits per heavy atom. The van der Waals surface area contributed by atoms with Crippen molar-refractivity contribution in [2.75, 3.05) is 45.8 Å². The van der Waals surface area contributed by atoms with E-state index in [1.165, 1.54) is 24.9 Å². The van der Waals surface area contributed by atoms with E-state index in [0.29, 0.717) is 5.91 Å². The second kappa shape index (κ2) is 8.71. The molecule has 142 valence electrons. The lowest BCUT2D eigenvalue weighted by atomic mass is 9.89. The summed E-state index contributed by atoms with van der Waals surface area (Å²) in [6, 6.07) is 0. The molecule has 0 bridgehead atoms. The number of amides is 1. The van der Waals surface area contributed by atoms with Gasteiger partial charge in [0.05, 0.1) is 12.1 Å². The summed E-state index contributed by atoms with van der Waals surface area (Å²) in [5.74, 6) is 1.59. The van der Waals surface area contributed by atoms with Crippen LogP contribution in [0.25, 0.3) is 0 Å². The summed E-state index contributed by atoms with van der Waals surface area (Å²) in [4.78, 5) is 17.6. The highest BCUT2D eigenvalue weighted by molar-refractivity contribution is 5.85. The molecular weight excluding hydrogens is 361 g/mol. The quantitative estimate of drug-likeness (QED) is 0.838. The first-order valence-electron chi connectivity index (χ1n) is 8.91. The van der Waals surface area contributed by atoms with Crippen LogP contribution < -0.4 is 5.32 Å². The van der Waals surface area contributed by atoms with Gasteiger partial charge in [-0.2, -0.15) is 5.10 Å². The third-order valence-corrected chi connectivity index (χ3v) is 5.58. The number of nitrogens with one attached hydrogen (secondary N) is 1. The first-order valence-corrected chi connectivity index (χ1v) is 8.91. The highest BCUT2D eigenvalue weighted by Crippen LogP contribution is 2.31. The molecule has 1 aromatic heterocycles. The third kappa shape index (κ3) is 4.67. The van der Waals surface area contributed by atoms with Crippen LogP contribution in [0.4, 0.5) is 0 Å². The van der Waals surface area contributed by atoms with Crippen LogP contribution in [-0.4, -0.2) is 71.3 Å². The molecule has 1 aliphatic carbocycles. The lowest BCUT2D eigenvalue weighted by molar-refractivity contribution is -0.137. The predicted octanol–water partition coefficient (Wildman–Crippen LogP) is 1.12. The normalized spacial score (nSPS) is 26.8. The second-order valence-corrected chi connectivity index (χ2v) is 7.39. The van der Waals surface area contributed by atoms with Crippen molar-refractivity contribution in [2.24, 2.45) is 18.9 Å². The number of piperazine rings is 1. The highest BCUT2D eigenvalue weighted by Gasteiger charge is 2.38. The van der Waals surface area contributed by atoms with E-state index in [1.54, 1.807) is 0 Å². The minimum atomic E-state index is 0. The highest BCUT2D eigenvalue weighted by atomic mass is 35.5. The molecule has 3 fully saturated rings. The number of carbonyl (C=O) groups is 1. The van der Waals surface area contributed by atoms with E-state index >= 15 is 0 Å². The van der Waals surface area contributed by atoms with Crippen LogP contribution in [0.2, 0.25) is 0 Å². The van der Waals surface area contributed by atoms with Gasteiger partial charge in [0.1, 0.15) is 0 Å². The summed E-state index contributed by atoms with van der Waals surface area (Å²) < 4.78 is 1.83. The molecule has 0 spiro atoms. The van der Waals surface area contributed by atoms with Crippen molar-refractivity contribution in [1.29, 1.82) is 0 Å². The first kappa shape index (κ1) is 20.5. The van der Waals surface area contributed by atoms with Crippen molar-refractivity contribution in [3.8, 4) is 0 Å². The minimum Gasteiger partial charge on any atom is -0.340 e. The number of aromatic nitrogens is 2. The number of halogens is 2. The SMILES string of the molecule is Cl.Cl.Cn1cc([C@H]2CNC[C@@H]2C(=O)N2CCN(CC3CC3)CC2)cn1. The predicted molar refractivity (Wildman–Crippen MR) is 103 cm³/mol. The minimum absolute atomic E-state index is 0. The van der Waals surface area contributed by atoms with Crippen LogP contribution >= 0.6 is 24.8 Å². The lowest BCUT2D eigenvalue weighted by Gasteiger charge is -2.36. The van der Waals surface area contributed by atoms with Crippen molar-refractivity contribution < 1.29 is 4.79 Å². The average Bonchev–Trinajstić information content (AvgIpc) is 3.07. The number of rotatable bonds is 4. The van der Waals surface area contributed by atoms with Crippen molar-refractivity contribution in [3.05, 3.63) is 18.0 Å².